The second-order valence-electron chi connectivity index (χ2n) is 6.41. The molecule has 0 amide bonds. The Labute approximate surface area is 159 Å². The molecule has 1 aliphatic heterocycles. The normalized spacial score (nSPS) is 16.3. The highest BCUT2D eigenvalue weighted by Crippen LogP contribution is 2.22. The molecule has 1 fully saturated rings. The van der Waals surface area contributed by atoms with Crippen molar-refractivity contribution in [3.63, 3.8) is 0 Å². The fraction of sp³-hybridized carbons (Fsp3) is 0.400. The quantitative estimate of drug-likeness (QED) is 0.805. The summed E-state index contributed by atoms with van der Waals surface area (Å²) >= 11 is 5.85. The van der Waals surface area contributed by atoms with Gasteiger partial charge < -0.3 is 19.5 Å². The molecule has 0 bridgehead atoms. The van der Waals surface area contributed by atoms with Crippen molar-refractivity contribution in [1.82, 2.24) is 4.90 Å². The van der Waals surface area contributed by atoms with E-state index >= 15 is 0 Å². The third-order valence-corrected chi connectivity index (χ3v) is 4.77. The number of nitrogens with zero attached hydrogens (tertiary/aromatic N) is 2. The van der Waals surface area contributed by atoms with Gasteiger partial charge in [-0.15, -0.1) is 0 Å². The molecule has 26 heavy (non-hydrogen) atoms. The number of hydrogen-bond acceptors (Lipinski definition) is 5. The van der Waals surface area contributed by atoms with Crippen LogP contribution >= 0.6 is 11.6 Å². The Bertz CT molecular complexity index is 688. The minimum Gasteiger partial charge on any atom is -0.497 e. The van der Waals surface area contributed by atoms with Gasteiger partial charge in [-0.2, -0.15) is 0 Å². The highest BCUT2D eigenvalue weighted by Gasteiger charge is 2.20. The van der Waals surface area contributed by atoms with Crippen LogP contribution < -0.4 is 14.4 Å². The number of piperazine rings is 1. The average molecular weight is 377 g/mol. The summed E-state index contributed by atoms with van der Waals surface area (Å²) in [5, 5.41) is 10.9. The topological polar surface area (TPSA) is 45.2 Å². The molecule has 6 heteroatoms. The summed E-state index contributed by atoms with van der Waals surface area (Å²) in [6.45, 7) is 4.57. The Kier molecular flexibility index (Phi) is 6.61. The molecule has 0 unspecified atom stereocenters. The molecular formula is C20H25ClN2O3. The zero-order valence-corrected chi connectivity index (χ0v) is 15.7. The lowest BCUT2D eigenvalue weighted by molar-refractivity contribution is 0.0663. The van der Waals surface area contributed by atoms with Crippen LogP contribution in [0.2, 0.25) is 5.02 Å². The van der Waals surface area contributed by atoms with Crippen molar-refractivity contribution in [3.05, 3.63) is 53.6 Å². The van der Waals surface area contributed by atoms with Gasteiger partial charge in [-0.05, 0) is 36.4 Å². The van der Waals surface area contributed by atoms with E-state index in [4.69, 9.17) is 21.1 Å². The number of benzene rings is 2. The van der Waals surface area contributed by atoms with Gasteiger partial charge in [0.25, 0.3) is 0 Å². The molecular weight excluding hydrogens is 352 g/mol. The Morgan fingerprint density at radius 3 is 2.46 bits per heavy atom. The zero-order valence-electron chi connectivity index (χ0n) is 15.0. The molecule has 140 valence electrons. The minimum atomic E-state index is -0.519. The summed E-state index contributed by atoms with van der Waals surface area (Å²) in [7, 11) is 1.69. The van der Waals surface area contributed by atoms with Crippen molar-refractivity contribution < 1.29 is 14.6 Å². The van der Waals surface area contributed by atoms with Crippen LogP contribution in [0.15, 0.2) is 48.5 Å². The molecule has 5 nitrogen and oxygen atoms in total. The van der Waals surface area contributed by atoms with E-state index in [0.29, 0.717) is 11.6 Å². The van der Waals surface area contributed by atoms with Crippen molar-refractivity contribution in [2.75, 3.05) is 51.3 Å². The Balaban J connectivity index is 1.42. The summed E-state index contributed by atoms with van der Waals surface area (Å²) < 4.78 is 10.9. The van der Waals surface area contributed by atoms with Crippen LogP contribution in [0.5, 0.6) is 11.5 Å². The van der Waals surface area contributed by atoms with E-state index in [2.05, 4.69) is 21.9 Å². The molecule has 0 aromatic heterocycles. The second kappa shape index (κ2) is 9.12. The number of rotatable bonds is 7. The van der Waals surface area contributed by atoms with E-state index in [1.165, 1.54) is 5.69 Å². The predicted molar refractivity (Wildman–Crippen MR) is 105 cm³/mol. The van der Waals surface area contributed by atoms with Crippen LogP contribution in [0.4, 0.5) is 5.69 Å². The monoisotopic (exact) mass is 376 g/mol. The molecule has 2 aromatic carbocycles. The molecule has 0 spiro atoms. The fourth-order valence-electron chi connectivity index (χ4n) is 3.07. The summed E-state index contributed by atoms with van der Waals surface area (Å²) in [6, 6.07) is 15.3. The van der Waals surface area contributed by atoms with Gasteiger partial charge in [0.2, 0.25) is 0 Å². The molecule has 1 aliphatic rings. The average Bonchev–Trinajstić information content (AvgIpc) is 2.68. The van der Waals surface area contributed by atoms with Crippen molar-refractivity contribution >= 4 is 17.3 Å². The Morgan fingerprint density at radius 1 is 1.04 bits per heavy atom. The summed E-state index contributed by atoms with van der Waals surface area (Å²) in [4.78, 5) is 4.61. The van der Waals surface area contributed by atoms with Crippen molar-refractivity contribution in [2.24, 2.45) is 0 Å². The maximum Gasteiger partial charge on any atom is 0.120 e. The fourth-order valence-corrected chi connectivity index (χ4v) is 3.20. The van der Waals surface area contributed by atoms with Crippen LogP contribution in [0.3, 0.4) is 0 Å². The van der Waals surface area contributed by atoms with Crippen LogP contribution in [0, 0.1) is 0 Å². The summed E-state index contributed by atoms with van der Waals surface area (Å²) in [6.07, 6.45) is -0.519. The van der Waals surface area contributed by atoms with Crippen molar-refractivity contribution in [1.29, 1.82) is 0 Å². The Morgan fingerprint density at radius 2 is 1.77 bits per heavy atom. The van der Waals surface area contributed by atoms with Gasteiger partial charge in [-0.3, -0.25) is 4.90 Å². The number of β-amino-alcohol motifs (C(OH)–C–C–N with tert-alkyl or cyclic N) is 1. The lowest BCUT2D eigenvalue weighted by atomic mass is 10.2. The number of aliphatic hydroxyl groups is 1. The van der Waals surface area contributed by atoms with Crippen LogP contribution in [0.1, 0.15) is 0 Å². The van der Waals surface area contributed by atoms with Crippen LogP contribution in [0.25, 0.3) is 0 Å². The molecule has 2 aromatic rings. The van der Waals surface area contributed by atoms with Gasteiger partial charge in [0, 0.05) is 49.5 Å². The molecule has 1 atom stereocenters. The third-order valence-electron chi connectivity index (χ3n) is 4.52. The second-order valence-corrected chi connectivity index (χ2v) is 6.84. The first-order valence-electron chi connectivity index (χ1n) is 8.82. The lowest BCUT2D eigenvalue weighted by Gasteiger charge is -2.37. The molecule has 1 N–H and O–H groups in total. The summed E-state index contributed by atoms with van der Waals surface area (Å²) in [5.74, 6) is 1.59. The number of ether oxygens (including phenoxy) is 2. The first-order chi connectivity index (χ1) is 12.6. The minimum absolute atomic E-state index is 0.276. The smallest absolute Gasteiger partial charge is 0.120 e. The Hall–Kier alpha value is -1.95. The molecule has 1 saturated heterocycles. The van der Waals surface area contributed by atoms with Gasteiger partial charge in [0.15, 0.2) is 0 Å². The predicted octanol–water partition coefficient (Wildman–Crippen LogP) is 2.91. The van der Waals surface area contributed by atoms with E-state index < -0.39 is 6.10 Å². The van der Waals surface area contributed by atoms with E-state index in [1.807, 2.05) is 24.3 Å². The largest absolute Gasteiger partial charge is 0.497 e. The number of halogens is 1. The maximum atomic E-state index is 10.2. The number of methoxy groups -OCH3 is 1. The standard InChI is InChI=1S/C20H25ClN2O3/c1-25-20-4-2-3-17(13-20)23-11-9-22(10-12-23)14-18(24)15-26-19-7-5-16(21)6-8-19/h2-8,13,18,24H,9-12,14-15H2,1H3/t18-/m0/s1. The molecule has 3 rings (SSSR count). The highest BCUT2D eigenvalue weighted by molar-refractivity contribution is 6.30. The van der Waals surface area contributed by atoms with Gasteiger partial charge in [0.1, 0.15) is 24.2 Å². The van der Waals surface area contributed by atoms with Gasteiger partial charge in [0.05, 0.1) is 7.11 Å². The number of aliphatic hydroxyl groups excluding tert-OH is 1. The third kappa shape index (κ3) is 5.27. The first-order valence-corrected chi connectivity index (χ1v) is 9.19. The molecule has 0 saturated carbocycles. The molecule has 0 radical (unpaired) electrons. The number of hydrogen-bond donors (Lipinski definition) is 1. The van der Waals surface area contributed by atoms with Crippen LogP contribution in [-0.2, 0) is 0 Å². The SMILES string of the molecule is COc1cccc(N2CCN(C[C@H](O)COc3ccc(Cl)cc3)CC2)c1. The van der Waals surface area contributed by atoms with E-state index in [9.17, 15) is 5.11 Å². The van der Waals surface area contributed by atoms with Crippen molar-refractivity contribution in [2.45, 2.75) is 6.10 Å². The van der Waals surface area contributed by atoms with E-state index in [1.54, 1.807) is 19.2 Å². The molecule has 0 aliphatic carbocycles. The lowest BCUT2D eigenvalue weighted by Crippen LogP contribution is -2.49. The zero-order chi connectivity index (χ0) is 18.4. The van der Waals surface area contributed by atoms with E-state index in [-0.39, 0.29) is 6.61 Å². The van der Waals surface area contributed by atoms with Crippen LogP contribution in [-0.4, -0.2) is 62.6 Å². The summed E-state index contributed by atoms with van der Waals surface area (Å²) in [5.41, 5.74) is 1.18. The van der Waals surface area contributed by atoms with Gasteiger partial charge in [-0.1, -0.05) is 17.7 Å². The maximum absolute atomic E-state index is 10.2. The van der Waals surface area contributed by atoms with Crippen molar-refractivity contribution in [3.8, 4) is 11.5 Å². The molecule has 1 heterocycles. The highest BCUT2D eigenvalue weighted by atomic mass is 35.5. The first kappa shape index (κ1) is 18.8. The van der Waals surface area contributed by atoms with E-state index in [0.717, 1.165) is 37.7 Å². The van der Waals surface area contributed by atoms with Gasteiger partial charge >= 0.3 is 0 Å². The van der Waals surface area contributed by atoms with Gasteiger partial charge in [-0.25, -0.2) is 0 Å². The number of anilines is 1.